The van der Waals surface area contributed by atoms with Crippen LogP contribution in [-0.2, 0) is 10.2 Å². The first kappa shape index (κ1) is 22.9. The van der Waals surface area contributed by atoms with Crippen molar-refractivity contribution in [2.24, 2.45) is 0 Å². The lowest BCUT2D eigenvalue weighted by Crippen LogP contribution is -2.35. The van der Waals surface area contributed by atoms with Crippen molar-refractivity contribution in [2.75, 3.05) is 18.4 Å². The molecule has 2 aromatic carbocycles. The summed E-state index contributed by atoms with van der Waals surface area (Å²) in [5.74, 6) is 0.990. The summed E-state index contributed by atoms with van der Waals surface area (Å²) >= 11 is 9.94. The van der Waals surface area contributed by atoms with Gasteiger partial charge in [0.2, 0.25) is 5.91 Å². The van der Waals surface area contributed by atoms with Gasteiger partial charge in [-0.2, -0.15) is 9.61 Å². The highest BCUT2D eigenvalue weighted by molar-refractivity contribution is 9.10. The van der Waals surface area contributed by atoms with Crippen molar-refractivity contribution in [1.82, 2.24) is 19.9 Å². The van der Waals surface area contributed by atoms with Crippen LogP contribution in [0.5, 0.6) is 0 Å². The van der Waals surface area contributed by atoms with Gasteiger partial charge in [-0.05, 0) is 53.2 Å². The number of aromatic nitrogens is 3. The molecule has 0 aliphatic heterocycles. The molecule has 0 saturated heterocycles. The highest BCUT2D eigenvalue weighted by Gasteiger charge is 2.50. The number of hydrogen-bond acceptors (Lipinski definition) is 4. The Hall–Kier alpha value is -2.90. The molecular weight excluding hydrogens is 514 g/mol. The smallest absolute Gasteiger partial charge is 0.230 e. The lowest BCUT2D eigenvalue weighted by Gasteiger charge is -2.16. The van der Waals surface area contributed by atoms with Crippen molar-refractivity contribution in [3.63, 3.8) is 0 Å². The number of amides is 1. The number of hydrogen-bond donors (Lipinski definition) is 2. The van der Waals surface area contributed by atoms with Crippen LogP contribution in [0.15, 0.2) is 71.3 Å². The van der Waals surface area contributed by atoms with Crippen LogP contribution in [0.3, 0.4) is 0 Å². The van der Waals surface area contributed by atoms with Gasteiger partial charge in [0.15, 0.2) is 5.65 Å². The second kappa shape index (κ2) is 9.76. The maximum absolute atomic E-state index is 12.8. The van der Waals surface area contributed by atoms with E-state index in [9.17, 15) is 4.79 Å². The molecule has 6 nitrogen and oxygen atoms in total. The Kier molecular flexibility index (Phi) is 6.57. The summed E-state index contributed by atoms with van der Waals surface area (Å²) in [7, 11) is 0. The molecule has 2 heterocycles. The molecule has 2 N–H and O–H groups in total. The number of carbonyl (C=O) groups is 1. The van der Waals surface area contributed by atoms with E-state index in [0.717, 1.165) is 65.0 Å². The van der Waals surface area contributed by atoms with Gasteiger partial charge in [0.25, 0.3) is 0 Å². The quantitative estimate of drug-likeness (QED) is 0.262. The molecule has 174 valence electrons. The van der Waals surface area contributed by atoms with Gasteiger partial charge in [0.05, 0.1) is 21.8 Å². The third kappa shape index (κ3) is 4.55. The Morgan fingerprint density at radius 1 is 1.06 bits per heavy atom. The van der Waals surface area contributed by atoms with E-state index in [-0.39, 0.29) is 11.3 Å². The summed E-state index contributed by atoms with van der Waals surface area (Å²) < 4.78 is 2.60. The zero-order chi connectivity index (χ0) is 23.5. The summed E-state index contributed by atoms with van der Waals surface area (Å²) in [6, 6.07) is 19.7. The van der Waals surface area contributed by atoms with Crippen molar-refractivity contribution in [3.05, 3.63) is 81.9 Å². The van der Waals surface area contributed by atoms with Crippen LogP contribution in [-0.4, -0.2) is 33.6 Å². The minimum absolute atomic E-state index is 0.147. The molecule has 1 saturated carbocycles. The van der Waals surface area contributed by atoms with E-state index in [4.69, 9.17) is 16.6 Å². The number of fused-ring (bicyclic) bond motifs is 1. The lowest BCUT2D eigenvalue weighted by molar-refractivity contribution is -0.123. The molecule has 2 aromatic heterocycles. The number of anilines is 1. The first-order chi connectivity index (χ1) is 16.6. The van der Waals surface area contributed by atoms with Gasteiger partial charge in [-0.15, -0.1) is 0 Å². The van der Waals surface area contributed by atoms with Gasteiger partial charge >= 0.3 is 0 Å². The largest absolute Gasteiger partial charge is 0.370 e. The van der Waals surface area contributed by atoms with E-state index in [1.807, 2.05) is 48.5 Å². The summed E-state index contributed by atoms with van der Waals surface area (Å²) in [6.45, 7) is 1.41. The summed E-state index contributed by atoms with van der Waals surface area (Å²) in [5, 5.41) is 11.7. The average molecular weight is 539 g/mol. The monoisotopic (exact) mass is 537 g/mol. The van der Waals surface area contributed by atoms with Crippen LogP contribution in [0.25, 0.3) is 16.9 Å². The predicted molar refractivity (Wildman–Crippen MR) is 139 cm³/mol. The molecule has 0 radical (unpaired) electrons. The van der Waals surface area contributed by atoms with Crippen LogP contribution in [0.4, 0.5) is 5.82 Å². The zero-order valence-electron chi connectivity index (χ0n) is 18.6. The first-order valence-corrected chi connectivity index (χ1v) is 12.6. The fourth-order valence-electron chi connectivity index (χ4n) is 4.24. The fourth-order valence-corrected chi connectivity index (χ4v) is 4.82. The molecule has 34 heavy (non-hydrogen) atoms. The molecule has 1 aliphatic rings. The fraction of sp³-hybridized carbons (Fsp3) is 0.269. The Bertz CT molecular complexity index is 1320. The Morgan fingerprint density at radius 3 is 2.56 bits per heavy atom. The third-order valence-electron chi connectivity index (χ3n) is 6.28. The van der Waals surface area contributed by atoms with Crippen molar-refractivity contribution in [3.8, 4) is 11.3 Å². The van der Waals surface area contributed by atoms with Crippen LogP contribution >= 0.6 is 27.5 Å². The Balaban J connectivity index is 1.18. The molecule has 0 bridgehead atoms. The molecule has 0 unspecified atom stereocenters. The maximum Gasteiger partial charge on any atom is 0.230 e. The van der Waals surface area contributed by atoms with E-state index in [2.05, 4.69) is 43.8 Å². The Labute approximate surface area is 211 Å². The third-order valence-corrected chi connectivity index (χ3v) is 7.17. The summed E-state index contributed by atoms with van der Waals surface area (Å²) in [6.07, 6.45) is 5.38. The summed E-state index contributed by atoms with van der Waals surface area (Å²) in [4.78, 5) is 17.5. The van der Waals surface area contributed by atoms with E-state index < -0.39 is 0 Å². The number of nitrogens with zero attached hydrogens (tertiary/aromatic N) is 3. The SMILES string of the molecule is O=C(NCCCCNc1cc(-c2ccccc2Cl)nc2c(Br)cnn12)C1(c2ccccc2)CC1. The molecule has 1 fully saturated rings. The van der Waals surface area contributed by atoms with Crippen molar-refractivity contribution in [2.45, 2.75) is 31.1 Å². The van der Waals surface area contributed by atoms with E-state index in [1.54, 1.807) is 10.7 Å². The number of halogens is 2. The van der Waals surface area contributed by atoms with E-state index >= 15 is 0 Å². The maximum atomic E-state index is 12.8. The van der Waals surface area contributed by atoms with Crippen molar-refractivity contribution >= 4 is 44.9 Å². The number of unbranched alkanes of at least 4 members (excludes halogenated alkanes) is 1. The van der Waals surface area contributed by atoms with Gasteiger partial charge in [0, 0.05) is 29.7 Å². The minimum atomic E-state index is -0.315. The van der Waals surface area contributed by atoms with Crippen molar-refractivity contribution in [1.29, 1.82) is 0 Å². The molecule has 5 rings (SSSR count). The molecule has 1 aliphatic carbocycles. The van der Waals surface area contributed by atoms with Gasteiger partial charge in [-0.3, -0.25) is 4.79 Å². The highest BCUT2D eigenvalue weighted by Crippen LogP contribution is 2.48. The number of carbonyl (C=O) groups excluding carboxylic acids is 1. The second-order valence-electron chi connectivity index (χ2n) is 8.57. The summed E-state index contributed by atoms with van der Waals surface area (Å²) in [5.41, 5.74) is 3.19. The molecule has 4 aromatic rings. The van der Waals surface area contributed by atoms with E-state index in [0.29, 0.717) is 11.6 Å². The predicted octanol–water partition coefficient (Wildman–Crippen LogP) is 5.85. The zero-order valence-corrected chi connectivity index (χ0v) is 20.9. The van der Waals surface area contributed by atoms with Crippen LogP contribution < -0.4 is 10.6 Å². The molecule has 0 atom stereocenters. The first-order valence-electron chi connectivity index (χ1n) is 11.5. The van der Waals surface area contributed by atoms with Crippen LogP contribution in [0.2, 0.25) is 5.02 Å². The number of nitrogens with one attached hydrogen (secondary N) is 2. The van der Waals surface area contributed by atoms with Crippen LogP contribution in [0.1, 0.15) is 31.2 Å². The van der Waals surface area contributed by atoms with Gasteiger partial charge in [0.1, 0.15) is 5.82 Å². The lowest BCUT2D eigenvalue weighted by atomic mass is 9.95. The standard InChI is InChI=1S/C26H25BrClN5O/c27-20-17-31-33-23(16-22(32-24(20)33)19-10-4-5-11-21(19)28)29-14-6-7-15-30-25(34)26(12-13-26)18-8-2-1-3-9-18/h1-5,8-11,16-17,29H,6-7,12-15H2,(H,30,34). The van der Waals surface area contributed by atoms with Gasteiger partial charge in [-0.25, -0.2) is 4.98 Å². The van der Waals surface area contributed by atoms with Crippen LogP contribution in [0, 0.1) is 0 Å². The minimum Gasteiger partial charge on any atom is -0.370 e. The van der Waals surface area contributed by atoms with Gasteiger partial charge in [-0.1, -0.05) is 60.1 Å². The second-order valence-corrected chi connectivity index (χ2v) is 9.83. The topological polar surface area (TPSA) is 71.3 Å². The average Bonchev–Trinajstić information content (AvgIpc) is 3.60. The normalized spacial score (nSPS) is 14.2. The van der Waals surface area contributed by atoms with E-state index in [1.165, 1.54) is 0 Å². The molecular formula is C26H25BrClN5O. The van der Waals surface area contributed by atoms with Gasteiger partial charge < -0.3 is 10.6 Å². The molecule has 0 spiro atoms. The highest BCUT2D eigenvalue weighted by atomic mass is 79.9. The Morgan fingerprint density at radius 2 is 1.79 bits per heavy atom. The number of benzene rings is 2. The number of rotatable bonds is 9. The van der Waals surface area contributed by atoms with Crippen molar-refractivity contribution < 1.29 is 4.79 Å². The molecule has 8 heteroatoms. The molecule has 1 amide bonds.